The molecule has 1 aromatic heterocycles. The van der Waals surface area contributed by atoms with Crippen LogP contribution in [0.5, 0.6) is 5.75 Å². The van der Waals surface area contributed by atoms with Crippen molar-refractivity contribution in [1.29, 1.82) is 0 Å². The molecule has 0 aliphatic rings. The molecule has 0 N–H and O–H groups in total. The lowest BCUT2D eigenvalue weighted by atomic mass is 9.93. The first kappa shape index (κ1) is 25.0. The van der Waals surface area contributed by atoms with Gasteiger partial charge in [0.05, 0.1) is 30.7 Å². The summed E-state index contributed by atoms with van der Waals surface area (Å²) >= 11 is 0. The summed E-state index contributed by atoms with van der Waals surface area (Å²) in [5.41, 5.74) is 2.54. The van der Waals surface area contributed by atoms with Crippen molar-refractivity contribution in [2.45, 2.75) is 32.0 Å². The molecule has 0 fully saturated rings. The third kappa shape index (κ3) is 6.33. The second-order valence-corrected chi connectivity index (χ2v) is 8.11. The Hall–Kier alpha value is -4.07. The summed E-state index contributed by atoms with van der Waals surface area (Å²) in [5, 5.41) is 3.74. The molecule has 36 heavy (non-hydrogen) atoms. The predicted octanol–water partition coefficient (Wildman–Crippen LogP) is 7.02. The Morgan fingerprint density at radius 3 is 2.36 bits per heavy atom. The molecule has 1 atom stereocenters. The summed E-state index contributed by atoms with van der Waals surface area (Å²) in [6.07, 6.45) is -2.71. The maximum absolute atomic E-state index is 12.8. The van der Waals surface area contributed by atoms with Gasteiger partial charge in [-0.25, -0.2) is 0 Å². The van der Waals surface area contributed by atoms with Crippen molar-refractivity contribution in [1.82, 2.24) is 5.16 Å². The van der Waals surface area contributed by atoms with Gasteiger partial charge in [0.15, 0.2) is 0 Å². The Balaban J connectivity index is 1.43. The normalized spacial score (nSPS) is 12.2. The molecular weight excluding hydrogens is 471 g/mol. The number of alkyl halides is 3. The number of esters is 1. The molecule has 8 heteroatoms. The Labute approximate surface area is 206 Å². The van der Waals surface area contributed by atoms with E-state index < -0.39 is 11.7 Å². The molecule has 1 unspecified atom stereocenters. The molecule has 0 saturated carbocycles. The van der Waals surface area contributed by atoms with E-state index >= 15 is 0 Å². The molecule has 4 aromatic rings. The van der Waals surface area contributed by atoms with Gasteiger partial charge in [0.1, 0.15) is 18.1 Å². The zero-order valence-electron chi connectivity index (χ0n) is 19.5. The smallest absolute Gasteiger partial charge is 0.416 e. The molecule has 0 bridgehead atoms. The summed E-state index contributed by atoms with van der Waals surface area (Å²) in [4.78, 5) is 12.1. The van der Waals surface area contributed by atoms with E-state index in [9.17, 15) is 18.0 Å². The van der Waals surface area contributed by atoms with Crippen LogP contribution in [0.3, 0.4) is 0 Å². The summed E-state index contributed by atoms with van der Waals surface area (Å²) < 4.78 is 54.8. The fourth-order valence-electron chi connectivity index (χ4n) is 3.83. The Kier molecular flexibility index (Phi) is 7.73. The Bertz CT molecular complexity index is 1270. The van der Waals surface area contributed by atoms with E-state index in [0.717, 1.165) is 28.8 Å². The van der Waals surface area contributed by atoms with Crippen LogP contribution in [0.1, 0.15) is 41.7 Å². The SMILES string of the molecule is CCOC(=O)CC(c1ccc(OCc2cccc(-c3ccc(C(F)(F)F)cc3)c2)cc1)c1ccno1. The highest BCUT2D eigenvalue weighted by Gasteiger charge is 2.30. The van der Waals surface area contributed by atoms with Crippen LogP contribution in [-0.2, 0) is 22.3 Å². The van der Waals surface area contributed by atoms with Gasteiger partial charge < -0.3 is 14.0 Å². The standard InChI is InChI=1S/C28H24F3NO4/c1-2-34-27(33)17-25(26-14-15-32-36-26)21-8-12-24(13-9-21)35-18-19-4-3-5-22(16-19)20-6-10-23(11-7-20)28(29,30)31/h3-16,25H,2,17-18H2,1H3. The van der Waals surface area contributed by atoms with Crippen LogP contribution in [0, 0.1) is 0 Å². The molecule has 4 rings (SSSR count). The van der Waals surface area contributed by atoms with Gasteiger partial charge in [-0.1, -0.05) is 47.6 Å². The van der Waals surface area contributed by atoms with Gasteiger partial charge in [0, 0.05) is 6.07 Å². The molecule has 0 aliphatic carbocycles. The van der Waals surface area contributed by atoms with E-state index in [-0.39, 0.29) is 24.9 Å². The Morgan fingerprint density at radius 2 is 1.72 bits per heavy atom. The number of ether oxygens (including phenoxy) is 2. The summed E-state index contributed by atoms with van der Waals surface area (Å²) in [6.45, 7) is 2.34. The number of carbonyl (C=O) groups excluding carboxylic acids is 1. The van der Waals surface area contributed by atoms with Gasteiger partial charge >= 0.3 is 12.1 Å². The topological polar surface area (TPSA) is 61.6 Å². The van der Waals surface area contributed by atoms with Crippen LogP contribution in [0.2, 0.25) is 0 Å². The second kappa shape index (κ2) is 11.1. The quantitative estimate of drug-likeness (QED) is 0.234. The number of aromatic nitrogens is 1. The van der Waals surface area contributed by atoms with Gasteiger partial charge in [-0.2, -0.15) is 13.2 Å². The van der Waals surface area contributed by atoms with Crippen molar-refractivity contribution in [2.24, 2.45) is 0 Å². The predicted molar refractivity (Wildman–Crippen MR) is 127 cm³/mol. The van der Waals surface area contributed by atoms with E-state index in [2.05, 4.69) is 5.16 Å². The molecule has 0 radical (unpaired) electrons. The highest BCUT2D eigenvalue weighted by molar-refractivity contribution is 5.71. The molecule has 0 spiro atoms. The largest absolute Gasteiger partial charge is 0.489 e. The van der Waals surface area contributed by atoms with E-state index in [4.69, 9.17) is 14.0 Å². The van der Waals surface area contributed by atoms with E-state index in [1.807, 2.05) is 48.5 Å². The number of hydrogen-bond donors (Lipinski definition) is 0. The van der Waals surface area contributed by atoms with Crippen molar-refractivity contribution < 1.29 is 32.0 Å². The first-order chi connectivity index (χ1) is 17.3. The first-order valence-corrected chi connectivity index (χ1v) is 11.4. The first-order valence-electron chi connectivity index (χ1n) is 11.4. The van der Waals surface area contributed by atoms with Crippen LogP contribution in [-0.4, -0.2) is 17.7 Å². The van der Waals surface area contributed by atoms with Crippen molar-refractivity contribution in [3.05, 3.63) is 108 Å². The zero-order valence-corrected chi connectivity index (χ0v) is 19.5. The molecule has 0 aliphatic heterocycles. The van der Waals surface area contributed by atoms with Gasteiger partial charge in [0.2, 0.25) is 0 Å². The lowest BCUT2D eigenvalue weighted by molar-refractivity contribution is -0.143. The van der Waals surface area contributed by atoms with Gasteiger partial charge in [-0.05, 0) is 59.5 Å². The number of benzene rings is 3. The number of nitrogens with zero attached hydrogens (tertiary/aromatic N) is 1. The summed E-state index contributed by atoms with van der Waals surface area (Å²) in [5.74, 6) is 0.538. The molecule has 186 valence electrons. The second-order valence-electron chi connectivity index (χ2n) is 8.11. The lowest BCUT2D eigenvalue weighted by Gasteiger charge is -2.15. The minimum atomic E-state index is -4.36. The third-order valence-electron chi connectivity index (χ3n) is 5.64. The molecule has 0 saturated heterocycles. The zero-order chi connectivity index (χ0) is 25.5. The Morgan fingerprint density at radius 1 is 0.972 bits per heavy atom. The number of carbonyl (C=O) groups is 1. The van der Waals surface area contributed by atoms with Crippen molar-refractivity contribution in [3.8, 4) is 16.9 Å². The highest BCUT2D eigenvalue weighted by Crippen LogP contribution is 2.32. The monoisotopic (exact) mass is 495 g/mol. The molecule has 0 amide bonds. The van der Waals surface area contributed by atoms with E-state index in [1.54, 1.807) is 13.0 Å². The average molecular weight is 495 g/mol. The van der Waals surface area contributed by atoms with Crippen LogP contribution in [0.4, 0.5) is 13.2 Å². The molecule has 3 aromatic carbocycles. The van der Waals surface area contributed by atoms with Crippen LogP contribution in [0.15, 0.2) is 89.6 Å². The lowest BCUT2D eigenvalue weighted by Crippen LogP contribution is -2.11. The minimum Gasteiger partial charge on any atom is -0.489 e. The fraction of sp³-hybridized carbons (Fsp3) is 0.214. The minimum absolute atomic E-state index is 0.125. The number of rotatable bonds is 9. The average Bonchev–Trinajstić information content (AvgIpc) is 3.41. The van der Waals surface area contributed by atoms with Crippen molar-refractivity contribution in [3.63, 3.8) is 0 Å². The van der Waals surface area contributed by atoms with Gasteiger partial charge in [-0.3, -0.25) is 4.79 Å². The van der Waals surface area contributed by atoms with E-state index in [0.29, 0.717) is 23.7 Å². The van der Waals surface area contributed by atoms with Crippen molar-refractivity contribution in [2.75, 3.05) is 6.61 Å². The van der Waals surface area contributed by atoms with Crippen molar-refractivity contribution >= 4 is 5.97 Å². The summed E-state index contributed by atoms with van der Waals surface area (Å²) in [6, 6.07) is 21.6. The maximum atomic E-state index is 12.8. The van der Waals surface area contributed by atoms with Gasteiger partial charge in [-0.15, -0.1) is 0 Å². The van der Waals surface area contributed by atoms with E-state index in [1.165, 1.54) is 18.3 Å². The summed E-state index contributed by atoms with van der Waals surface area (Å²) in [7, 11) is 0. The highest BCUT2D eigenvalue weighted by atomic mass is 19.4. The van der Waals surface area contributed by atoms with Crippen LogP contribution >= 0.6 is 0 Å². The third-order valence-corrected chi connectivity index (χ3v) is 5.64. The maximum Gasteiger partial charge on any atom is 0.416 e. The fourth-order valence-corrected chi connectivity index (χ4v) is 3.83. The van der Waals surface area contributed by atoms with Gasteiger partial charge in [0.25, 0.3) is 0 Å². The van der Waals surface area contributed by atoms with Crippen LogP contribution in [0.25, 0.3) is 11.1 Å². The number of hydrogen-bond acceptors (Lipinski definition) is 5. The molecular formula is C28H24F3NO4. The van der Waals surface area contributed by atoms with Crippen LogP contribution < -0.4 is 4.74 Å². The molecule has 1 heterocycles. The number of halogens is 3. The molecule has 5 nitrogen and oxygen atoms in total.